The van der Waals surface area contributed by atoms with Crippen LogP contribution in [-0.2, 0) is 20.0 Å². The van der Waals surface area contributed by atoms with Crippen molar-refractivity contribution in [3.8, 4) is 0 Å². The Balaban J connectivity index is 2.32. The zero-order valence-corrected chi connectivity index (χ0v) is 13.5. The molecular weight excluding hydrogens is 349 g/mol. The van der Waals surface area contributed by atoms with Crippen LogP contribution in [0.3, 0.4) is 0 Å². The summed E-state index contributed by atoms with van der Waals surface area (Å²) in [6.07, 6.45) is 0. The molecule has 0 aliphatic carbocycles. The third-order valence-corrected chi connectivity index (χ3v) is 6.95. The molecule has 0 radical (unpaired) electrons. The molecule has 118 valence electrons. The van der Waals surface area contributed by atoms with Crippen molar-refractivity contribution in [1.29, 1.82) is 0 Å². The molecule has 0 aliphatic rings. The van der Waals surface area contributed by atoms with E-state index in [0.717, 1.165) is 12.1 Å². The Bertz CT molecular complexity index is 848. The molecule has 2 rings (SSSR count). The zero-order valence-electron chi connectivity index (χ0n) is 11.0. The standard InChI is InChI=1S/C12H12NO6PS2/c14-20(15)10-6-8-12(9-7-10)22(18,19)13-21(16,17)11-4-2-1-3-5-11/h1-9,13-15H. The molecule has 0 heterocycles. The van der Waals surface area contributed by atoms with Gasteiger partial charge in [0.25, 0.3) is 20.0 Å². The van der Waals surface area contributed by atoms with Gasteiger partial charge in [-0.15, -0.1) is 4.13 Å². The van der Waals surface area contributed by atoms with Crippen LogP contribution in [0.15, 0.2) is 64.4 Å². The lowest BCUT2D eigenvalue weighted by molar-refractivity contribution is 0.497. The Morgan fingerprint density at radius 1 is 0.727 bits per heavy atom. The molecule has 22 heavy (non-hydrogen) atoms. The van der Waals surface area contributed by atoms with E-state index in [1.807, 2.05) is 0 Å². The molecule has 0 saturated carbocycles. The highest BCUT2D eigenvalue weighted by molar-refractivity contribution is 8.04. The molecule has 2 aromatic rings. The van der Waals surface area contributed by atoms with Crippen molar-refractivity contribution in [2.24, 2.45) is 0 Å². The number of sulfonamides is 2. The maximum absolute atomic E-state index is 12.1. The monoisotopic (exact) mass is 361 g/mol. The summed E-state index contributed by atoms with van der Waals surface area (Å²) >= 11 is 0. The van der Waals surface area contributed by atoms with E-state index < -0.39 is 28.4 Å². The Hall–Kier alpha value is -1.35. The van der Waals surface area contributed by atoms with Crippen molar-refractivity contribution in [1.82, 2.24) is 4.13 Å². The van der Waals surface area contributed by atoms with Crippen LogP contribution in [0.25, 0.3) is 0 Å². The summed E-state index contributed by atoms with van der Waals surface area (Å²) in [5.41, 5.74) is 0. The number of nitrogens with one attached hydrogen (secondary N) is 1. The van der Waals surface area contributed by atoms with Gasteiger partial charge in [0.2, 0.25) is 0 Å². The molecule has 2 aromatic carbocycles. The number of hydrogen-bond donors (Lipinski definition) is 3. The minimum atomic E-state index is -4.30. The second-order valence-corrected chi connectivity index (χ2v) is 8.91. The normalized spacial score (nSPS) is 12.5. The van der Waals surface area contributed by atoms with Crippen LogP contribution in [0, 0.1) is 0 Å². The van der Waals surface area contributed by atoms with Crippen molar-refractivity contribution in [3.63, 3.8) is 0 Å². The highest BCUT2D eigenvalue weighted by Gasteiger charge is 2.24. The first-order valence-electron chi connectivity index (χ1n) is 5.84. The van der Waals surface area contributed by atoms with Gasteiger partial charge < -0.3 is 9.79 Å². The van der Waals surface area contributed by atoms with Gasteiger partial charge in [0, 0.05) is 5.30 Å². The summed E-state index contributed by atoms with van der Waals surface area (Å²) in [4.78, 5) is 17.5. The average molecular weight is 361 g/mol. The number of hydrogen-bond acceptors (Lipinski definition) is 6. The lowest BCUT2D eigenvalue weighted by Crippen LogP contribution is -2.30. The molecule has 10 heteroatoms. The number of benzene rings is 2. The maximum atomic E-state index is 12.1. The van der Waals surface area contributed by atoms with Crippen LogP contribution in [0.2, 0.25) is 0 Å². The van der Waals surface area contributed by atoms with Gasteiger partial charge in [0.15, 0.2) is 8.38 Å². The quantitative estimate of drug-likeness (QED) is 0.658. The van der Waals surface area contributed by atoms with Crippen LogP contribution >= 0.6 is 8.38 Å². The lowest BCUT2D eigenvalue weighted by atomic mass is 10.4. The highest BCUT2D eigenvalue weighted by atomic mass is 32.3. The molecule has 0 amide bonds. The molecule has 0 fully saturated rings. The van der Waals surface area contributed by atoms with Crippen molar-refractivity contribution >= 4 is 33.7 Å². The zero-order chi connectivity index (χ0) is 16.4. The van der Waals surface area contributed by atoms with Gasteiger partial charge in [0.1, 0.15) is 0 Å². The van der Waals surface area contributed by atoms with E-state index in [2.05, 4.69) is 0 Å². The second-order valence-electron chi connectivity index (χ2n) is 4.19. The first-order chi connectivity index (χ1) is 10.2. The van der Waals surface area contributed by atoms with Gasteiger partial charge in [-0.1, -0.05) is 18.2 Å². The first-order valence-corrected chi connectivity index (χ1v) is 10.1. The lowest BCUT2D eigenvalue weighted by Gasteiger charge is -2.09. The van der Waals surface area contributed by atoms with Gasteiger partial charge in [0.05, 0.1) is 9.79 Å². The van der Waals surface area contributed by atoms with E-state index in [4.69, 9.17) is 9.79 Å². The van der Waals surface area contributed by atoms with Crippen LogP contribution in [0.4, 0.5) is 0 Å². The smallest absolute Gasteiger partial charge is 0.253 e. The predicted octanol–water partition coefficient (Wildman–Crippen LogP) is 0.276. The molecule has 0 aliphatic heterocycles. The minimum Gasteiger partial charge on any atom is -0.347 e. The van der Waals surface area contributed by atoms with E-state index in [1.165, 1.54) is 36.4 Å². The SMILES string of the molecule is O=S(=O)(NS(=O)(=O)c1ccc(P(O)O)cc1)c1ccccc1. The fraction of sp³-hybridized carbons (Fsp3) is 0. The molecule has 0 bridgehead atoms. The van der Waals surface area contributed by atoms with Crippen LogP contribution in [0.1, 0.15) is 0 Å². The summed E-state index contributed by atoms with van der Waals surface area (Å²) in [5.74, 6) is 0. The topological polar surface area (TPSA) is 121 Å². The summed E-state index contributed by atoms with van der Waals surface area (Å²) in [6, 6.07) is 11.7. The van der Waals surface area contributed by atoms with Crippen LogP contribution in [-0.4, -0.2) is 26.6 Å². The van der Waals surface area contributed by atoms with Crippen LogP contribution < -0.4 is 9.43 Å². The van der Waals surface area contributed by atoms with Crippen molar-refractivity contribution in [2.75, 3.05) is 0 Å². The molecule has 0 aromatic heterocycles. The minimum absolute atomic E-state index is 0.153. The Labute approximate surface area is 129 Å². The van der Waals surface area contributed by atoms with E-state index in [-0.39, 0.29) is 15.1 Å². The van der Waals surface area contributed by atoms with Crippen molar-refractivity contribution in [2.45, 2.75) is 9.79 Å². The van der Waals surface area contributed by atoms with Crippen molar-refractivity contribution < 1.29 is 26.6 Å². The summed E-state index contributed by atoms with van der Waals surface area (Å²) in [7, 11) is -10.9. The molecule has 0 unspecified atom stereocenters. The molecule has 0 saturated heterocycles. The van der Waals surface area contributed by atoms with E-state index in [0.29, 0.717) is 0 Å². The third kappa shape index (κ3) is 3.89. The highest BCUT2D eigenvalue weighted by Crippen LogP contribution is 2.22. The fourth-order valence-corrected chi connectivity index (χ4v) is 4.95. The largest absolute Gasteiger partial charge is 0.347 e. The van der Waals surface area contributed by atoms with Gasteiger partial charge in [-0.25, -0.2) is 16.8 Å². The van der Waals surface area contributed by atoms with Crippen LogP contribution in [0.5, 0.6) is 0 Å². The summed E-state index contributed by atoms with van der Waals surface area (Å²) in [6.45, 7) is 0. The first kappa shape index (κ1) is 17.0. The van der Waals surface area contributed by atoms with Gasteiger partial charge >= 0.3 is 0 Å². The van der Waals surface area contributed by atoms with Gasteiger partial charge in [-0.05, 0) is 36.4 Å². The van der Waals surface area contributed by atoms with Gasteiger partial charge in [-0.2, -0.15) is 0 Å². The number of rotatable bonds is 5. The molecule has 3 N–H and O–H groups in total. The Morgan fingerprint density at radius 2 is 1.18 bits per heavy atom. The fourth-order valence-electron chi connectivity index (χ4n) is 1.60. The Kier molecular flexibility index (Phi) is 4.96. The predicted molar refractivity (Wildman–Crippen MR) is 81.4 cm³/mol. The van der Waals surface area contributed by atoms with Crippen molar-refractivity contribution in [3.05, 3.63) is 54.6 Å². The van der Waals surface area contributed by atoms with E-state index in [9.17, 15) is 16.8 Å². The second kappa shape index (κ2) is 6.41. The molecule has 0 atom stereocenters. The maximum Gasteiger partial charge on any atom is 0.253 e. The third-order valence-electron chi connectivity index (χ3n) is 2.65. The molecular formula is C12H12NO6PS2. The van der Waals surface area contributed by atoms with E-state index in [1.54, 1.807) is 10.2 Å². The molecule has 7 nitrogen and oxygen atoms in total. The molecule has 0 spiro atoms. The van der Waals surface area contributed by atoms with E-state index >= 15 is 0 Å². The summed E-state index contributed by atoms with van der Waals surface area (Å²) in [5, 5.41) is 0.153. The average Bonchev–Trinajstić information content (AvgIpc) is 2.47. The Morgan fingerprint density at radius 3 is 1.64 bits per heavy atom. The van der Waals surface area contributed by atoms with Gasteiger partial charge in [-0.3, -0.25) is 0 Å². The summed E-state index contributed by atoms with van der Waals surface area (Å²) < 4.78 is 49.9.